The Bertz CT molecular complexity index is 706. The molecule has 0 fully saturated rings. The summed E-state index contributed by atoms with van der Waals surface area (Å²) >= 11 is 1.19. The summed E-state index contributed by atoms with van der Waals surface area (Å²) in [6, 6.07) is 14.7. The predicted octanol–water partition coefficient (Wildman–Crippen LogP) is 2.26. The first kappa shape index (κ1) is 24.0. The van der Waals surface area contributed by atoms with E-state index in [0.717, 1.165) is 12.0 Å². The van der Waals surface area contributed by atoms with Crippen molar-refractivity contribution in [2.75, 3.05) is 19.8 Å². The van der Waals surface area contributed by atoms with Crippen LogP contribution in [0.4, 0.5) is 0 Å². The fourth-order valence-electron chi connectivity index (χ4n) is 3.02. The first-order chi connectivity index (χ1) is 13.6. The molecule has 2 unspecified atom stereocenters. The van der Waals surface area contributed by atoms with Crippen LogP contribution in [0.3, 0.4) is 0 Å². The number of aliphatic hydroxyl groups is 1. The Morgan fingerprint density at radius 2 is 1.68 bits per heavy atom. The third-order valence-corrected chi connectivity index (χ3v) is 6.43. The molecular formula is C22H29I2O4-. The molecule has 0 aliphatic carbocycles. The minimum absolute atomic E-state index is 0.0766. The Morgan fingerprint density at radius 3 is 2.29 bits per heavy atom. The molecule has 2 atom stereocenters. The average Bonchev–Trinajstić information content (AvgIpc) is 2.72. The second-order valence-corrected chi connectivity index (χ2v) is 9.16. The van der Waals surface area contributed by atoms with E-state index in [2.05, 4.69) is 51.1 Å². The van der Waals surface area contributed by atoms with Crippen LogP contribution < -0.4 is 22.0 Å². The van der Waals surface area contributed by atoms with E-state index in [1.165, 1.54) is 22.3 Å². The summed E-state index contributed by atoms with van der Waals surface area (Å²) in [7, 11) is 0. The number of benzene rings is 2. The topological polar surface area (TPSA) is 47.9 Å². The van der Waals surface area contributed by atoms with Gasteiger partial charge in [-0.15, -0.1) is 0 Å². The van der Waals surface area contributed by atoms with E-state index in [4.69, 9.17) is 14.3 Å². The fourth-order valence-corrected chi connectivity index (χ4v) is 4.90. The van der Waals surface area contributed by atoms with Crippen molar-refractivity contribution in [1.29, 1.82) is 0 Å². The number of rotatable bonds is 12. The zero-order valence-corrected chi connectivity index (χ0v) is 21.0. The van der Waals surface area contributed by atoms with Gasteiger partial charge in [-0.3, -0.25) is 0 Å². The third kappa shape index (κ3) is 7.53. The molecule has 2 aromatic carbocycles. The van der Waals surface area contributed by atoms with Crippen LogP contribution >= 0.6 is 23.0 Å². The van der Waals surface area contributed by atoms with Gasteiger partial charge in [0.05, 0.1) is 0 Å². The Hall–Kier alpha value is -0.260. The Balaban J connectivity index is 1.79. The van der Waals surface area contributed by atoms with Crippen LogP contribution in [0.1, 0.15) is 53.5 Å². The summed E-state index contributed by atoms with van der Waals surface area (Å²) in [4.78, 5) is 0. The van der Waals surface area contributed by atoms with Crippen molar-refractivity contribution in [3.63, 3.8) is 0 Å². The Labute approximate surface area is 194 Å². The molecule has 6 heteroatoms. The first-order valence-corrected chi connectivity index (χ1v) is 12.1. The van der Waals surface area contributed by atoms with Crippen LogP contribution in [0.25, 0.3) is 0 Å². The summed E-state index contributed by atoms with van der Waals surface area (Å²) in [5.41, 5.74) is 6.08. The van der Waals surface area contributed by atoms with Gasteiger partial charge in [-0.05, 0) is 0 Å². The molecular weight excluding hydrogens is 582 g/mol. The molecule has 2 rings (SSSR count). The molecule has 0 bridgehead atoms. The van der Waals surface area contributed by atoms with Gasteiger partial charge < -0.3 is 0 Å². The van der Waals surface area contributed by atoms with Crippen LogP contribution in [0, 0.1) is 6.92 Å². The normalized spacial score (nSPS) is 13.6. The second-order valence-electron chi connectivity index (χ2n) is 6.93. The number of halogens is 2. The van der Waals surface area contributed by atoms with Gasteiger partial charge >= 0.3 is 195 Å². The molecule has 0 aliphatic rings. The maximum atomic E-state index is 9.13. The van der Waals surface area contributed by atoms with Crippen molar-refractivity contribution in [3.8, 4) is 0 Å². The van der Waals surface area contributed by atoms with Crippen LogP contribution in [-0.4, -0.2) is 24.9 Å². The van der Waals surface area contributed by atoms with Gasteiger partial charge in [-0.1, -0.05) is 0 Å². The van der Waals surface area contributed by atoms with Gasteiger partial charge in [-0.25, -0.2) is 0 Å². The van der Waals surface area contributed by atoms with Gasteiger partial charge in [-0.2, -0.15) is 0 Å². The second kappa shape index (κ2) is 13.1. The average molecular weight is 611 g/mol. The van der Waals surface area contributed by atoms with E-state index in [1.54, 1.807) is 0 Å². The molecule has 0 amide bonds. The van der Waals surface area contributed by atoms with E-state index >= 15 is 0 Å². The van der Waals surface area contributed by atoms with Gasteiger partial charge in [0.1, 0.15) is 0 Å². The molecule has 4 nitrogen and oxygen atoms in total. The summed E-state index contributed by atoms with van der Waals surface area (Å²) in [6.45, 7) is 8.43. The molecule has 0 aromatic heterocycles. The van der Waals surface area contributed by atoms with Gasteiger partial charge in [0.2, 0.25) is 0 Å². The van der Waals surface area contributed by atoms with Crippen molar-refractivity contribution in [2.45, 2.75) is 45.6 Å². The number of hydrogen-bond donors (Lipinski definition) is 1. The molecule has 0 saturated carbocycles. The Kier molecular flexibility index (Phi) is 11.3. The van der Waals surface area contributed by atoms with Crippen LogP contribution in [0.15, 0.2) is 42.5 Å². The van der Waals surface area contributed by atoms with Crippen LogP contribution in [0.5, 0.6) is 0 Å². The van der Waals surface area contributed by atoms with Crippen molar-refractivity contribution >= 4 is 23.0 Å². The van der Waals surface area contributed by atoms with E-state index in [-0.39, 0.29) is 12.5 Å². The summed E-state index contributed by atoms with van der Waals surface area (Å²) in [6.07, 6.45) is 1.05. The molecule has 0 saturated heterocycles. The number of aliphatic hydroxyl groups excluding tert-OH is 1. The van der Waals surface area contributed by atoms with Gasteiger partial charge in [0.25, 0.3) is 0 Å². The minimum atomic E-state index is -0.765. The van der Waals surface area contributed by atoms with E-state index in [0.29, 0.717) is 25.7 Å². The molecule has 156 valence electrons. The van der Waals surface area contributed by atoms with Gasteiger partial charge in [0, 0.05) is 0 Å². The molecule has 0 radical (unpaired) electrons. The molecule has 2 aromatic rings. The van der Waals surface area contributed by atoms with E-state index in [9.17, 15) is 0 Å². The fraction of sp³-hybridized carbons (Fsp3) is 0.455. The third-order valence-electron chi connectivity index (χ3n) is 4.84. The van der Waals surface area contributed by atoms with E-state index < -0.39 is 22.0 Å². The number of hydrogen-bond acceptors (Lipinski definition) is 4. The monoisotopic (exact) mass is 611 g/mol. The summed E-state index contributed by atoms with van der Waals surface area (Å²) in [5, 5.41) is 9.13. The van der Waals surface area contributed by atoms with Crippen LogP contribution in [0.2, 0.25) is 0 Å². The molecule has 0 spiro atoms. The quantitative estimate of drug-likeness (QED) is 0.296. The molecule has 28 heavy (non-hydrogen) atoms. The van der Waals surface area contributed by atoms with Crippen LogP contribution in [-0.2, 0) is 22.2 Å². The molecule has 0 aliphatic heterocycles. The summed E-state index contributed by atoms with van der Waals surface area (Å²) in [5.74, 6) is 0.517. The standard InChI is InChI=1S/C22H29I2O4/c1-4-18-7-10-22(16(2)11-18)21(14-26-23)15-28-24-27-13-17(3)20-8-5-19(12-25)6-9-20/h5-11,17,21,25H,4,12-15H2,1-3H3/q-1. The summed E-state index contributed by atoms with van der Waals surface area (Å²) < 4.78 is 17.1. The zero-order valence-electron chi connectivity index (χ0n) is 16.7. The van der Waals surface area contributed by atoms with E-state index in [1.807, 2.05) is 35.1 Å². The molecule has 0 heterocycles. The predicted molar refractivity (Wildman–Crippen MR) is 116 cm³/mol. The van der Waals surface area contributed by atoms with Crippen molar-refractivity contribution in [2.24, 2.45) is 0 Å². The van der Waals surface area contributed by atoms with Crippen molar-refractivity contribution in [1.82, 2.24) is 0 Å². The van der Waals surface area contributed by atoms with Crippen molar-refractivity contribution < 1.29 is 36.3 Å². The maximum absolute atomic E-state index is 9.13. The Morgan fingerprint density at radius 1 is 1.00 bits per heavy atom. The van der Waals surface area contributed by atoms with Gasteiger partial charge in [0.15, 0.2) is 0 Å². The molecule has 1 N–H and O–H groups in total. The van der Waals surface area contributed by atoms with Crippen molar-refractivity contribution in [3.05, 3.63) is 70.3 Å². The SMILES string of the molecule is CCc1ccc(C(COI)CO[I-]OCC(C)c2ccc(CO)cc2)c(C)c1. The zero-order chi connectivity index (χ0) is 20.4. The first-order valence-electron chi connectivity index (χ1n) is 9.50. The number of aryl methyl sites for hydroxylation is 2.